The molecule has 0 saturated carbocycles. The van der Waals surface area contributed by atoms with E-state index in [1.807, 2.05) is 6.20 Å². The number of amides is 1. The van der Waals surface area contributed by atoms with E-state index in [0.29, 0.717) is 132 Å². The summed E-state index contributed by atoms with van der Waals surface area (Å²) < 4.78 is 63.1. The first-order chi connectivity index (χ1) is 24.3. The van der Waals surface area contributed by atoms with Crippen molar-refractivity contribution in [3.05, 3.63) is 11.9 Å². The number of halogens is 1. The summed E-state index contributed by atoms with van der Waals surface area (Å²) in [5.41, 5.74) is 0.747. The topological polar surface area (TPSA) is 143 Å². The molecule has 0 radical (unpaired) electrons. The highest BCUT2D eigenvalue weighted by molar-refractivity contribution is 5.75. The third-order valence-corrected chi connectivity index (χ3v) is 6.77. The van der Waals surface area contributed by atoms with Gasteiger partial charge in [-0.15, -0.1) is 5.10 Å². The summed E-state index contributed by atoms with van der Waals surface area (Å²) in [6.45, 7) is 12.4. The summed E-state index contributed by atoms with van der Waals surface area (Å²) in [6.07, 6.45) is 10.3. The molecule has 0 bridgehead atoms. The van der Waals surface area contributed by atoms with Gasteiger partial charge in [-0.2, -0.15) is 0 Å². The fourth-order valence-corrected chi connectivity index (χ4v) is 4.19. The van der Waals surface area contributed by atoms with Crippen molar-refractivity contribution in [1.29, 1.82) is 0 Å². The number of carbonyl (C=O) groups excluding carboxylic acids is 1. The second-order valence-electron chi connectivity index (χ2n) is 11.2. The van der Waals surface area contributed by atoms with Crippen molar-refractivity contribution in [1.82, 2.24) is 20.3 Å². The normalized spacial score (nSPS) is 11.5. The van der Waals surface area contributed by atoms with Crippen molar-refractivity contribution in [2.45, 2.75) is 77.9 Å². The average Bonchev–Trinajstić information content (AvgIpc) is 3.56. The van der Waals surface area contributed by atoms with Gasteiger partial charge in [0.1, 0.15) is 12.4 Å². The van der Waals surface area contributed by atoms with Crippen LogP contribution >= 0.6 is 0 Å². The summed E-state index contributed by atoms with van der Waals surface area (Å²) in [7, 11) is 0. The van der Waals surface area contributed by atoms with E-state index in [2.05, 4.69) is 22.6 Å². The lowest BCUT2D eigenvalue weighted by Crippen LogP contribution is -2.27. The maximum absolute atomic E-state index is 11.9. The number of hydrogen-bond donors (Lipinski definition) is 1. The smallest absolute Gasteiger partial charge is 0.220 e. The first-order valence-corrected chi connectivity index (χ1v) is 18.2. The van der Waals surface area contributed by atoms with E-state index in [1.54, 1.807) is 4.68 Å². The molecule has 0 atom stereocenters. The molecule has 0 aromatic carbocycles. The summed E-state index contributed by atoms with van der Waals surface area (Å²) in [5.74, 6) is 0.106. The summed E-state index contributed by atoms with van der Waals surface area (Å²) in [4.78, 5) is 11.7. The molecule has 0 aliphatic rings. The molecule has 0 saturated heterocycles. The quantitative estimate of drug-likeness (QED) is 0.0998. The van der Waals surface area contributed by atoms with Crippen molar-refractivity contribution >= 4 is 5.91 Å². The molecule has 15 heteroatoms. The lowest BCUT2D eigenvalue weighted by molar-refractivity contribution is -0.121. The third kappa shape index (κ3) is 33.1. The zero-order chi connectivity index (χ0) is 35.1. The molecule has 1 aromatic rings. The van der Waals surface area contributed by atoms with Crippen molar-refractivity contribution in [3.8, 4) is 0 Å². The van der Waals surface area contributed by atoms with Gasteiger partial charge in [-0.1, -0.05) is 31.4 Å². The Kier molecular flexibility index (Phi) is 34.5. The van der Waals surface area contributed by atoms with Crippen molar-refractivity contribution in [2.75, 3.05) is 126 Å². The van der Waals surface area contributed by atoms with Gasteiger partial charge in [0.25, 0.3) is 0 Å². The van der Waals surface area contributed by atoms with Crippen LogP contribution in [0, 0.1) is 0 Å². The minimum absolute atomic E-state index is 0.105. The molecule has 0 aliphatic heterocycles. The number of nitrogens with one attached hydrogen (secondary N) is 1. The van der Waals surface area contributed by atoms with Gasteiger partial charge in [0.05, 0.1) is 78.8 Å². The Balaban J connectivity index is 1.71. The Hall–Kier alpha value is -1.82. The first kappa shape index (κ1) is 45.2. The van der Waals surface area contributed by atoms with Crippen LogP contribution in [0.15, 0.2) is 6.20 Å². The van der Waals surface area contributed by atoms with Crippen LogP contribution in [-0.2, 0) is 60.6 Å². The molecule has 49 heavy (non-hydrogen) atoms. The molecule has 0 unspecified atom stereocenters. The molecule has 14 nitrogen and oxygen atoms in total. The van der Waals surface area contributed by atoms with E-state index in [1.165, 1.54) is 12.8 Å². The van der Waals surface area contributed by atoms with Crippen molar-refractivity contribution < 1.29 is 51.8 Å². The van der Waals surface area contributed by atoms with E-state index in [9.17, 15) is 9.18 Å². The molecule has 0 aliphatic carbocycles. The predicted molar refractivity (Wildman–Crippen MR) is 182 cm³/mol. The summed E-state index contributed by atoms with van der Waals surface area (Å²) in [6, 6.07) is 0. The third-order valence-electron chi connectivity index (χ3n) is 6.77. The minimum atomic E-state index is -0.481. The van der Waals surface area contributed by atoms with Crippen LogP contribution in [0.2, 0.25) is 0 Å². The second kappa shape index (κ2) is 37.4. The highest BCUT2D eigenvalue weighted by Crippen LogP contribution is 2.02. The van der Waals surface area contributed by atoms with Crippen LogP contribution in [0.4, 0.5) is 4.39 Å². The highest BCUT2D eigenvalue weighted by atomic mass is 18.2. The van der Waals surface area contributed by atoms with Crippen LogP contribution in [0.5, 0.6) is 0 Å². The van der Waals surface area contributed by atoms with Crippen molar-refractivity contribution in [3.63, 3.8) is 0 Å². The lowest BCUT2D eigenvalue weighted by atomic mass is 10.1. The van der Waals surface area contributed by atoms with Gasteiger partial charge in [-0.25, -0.2) is 9.07 Å². The Morgan fingerprint density at radius 1 is 0.612 bits per heavy atom. The van der Waals surface area contributed by atoms with Gasteiger partial charge in [0.15, 0.2) is 0 Å². The van der Waals surface area contributed by atoms with Gasteiger partial charge in [-0.3, -0.25) is 4.79 Å². The zero-order valence-corrected chi connectivity index (χ0v) is 30.1. The molecule has 1 N–H and O–H groups in total. The van der Waals surface area contributed by atoms with Crippen LogP contribution in [0.25, 0.3) is 0 Å². The van der Waals surface area contributed by atoms with Gasteiger partial charge in [-0.05, 0) is 32.1 Å². The van der Waals surface area contributed by atoms with Crippen molar-refractivity contribution in [2.24, 2.45) is 0 Å². The predicted octanol–water partition coefficient (Wildman–Crippen LogP) is 3.54. The van der Waals surface area contributed by atoms with E-state index < -0.39 is 6.67 Å². The lowest BCUT2D eigenvalue weighted by Gasteiger charge is -2.08. The maximum Gasteiger partial charge on any atom is 0.220 e. The number of unbranched alkanes of at least 4 members (excludes halogenated alkanes) is 3. The number of alkyl halides is 1. The Morgan fingerprint density at radius 3 is 1.67 bits per heavy atom. The van der Waals surface area contributed by atoms with E-state index in [-0.39, 0.29) is 12.5 Å². The van der Waals surface area contributed by atoms with E-state index in [4.69, 9.17) is 42.6 Å². The zero-order valence-electron chi connectivity index (χ0n) is 30.1. The molecular formula is C34H65FN4O10. The molecule has 288 valence electrons. The number of hydrogen-bond acceptors (Lipinski definition) is 12. The molecule has 1 rings (SSSR count). The molecule has 1 amide bonds. The Morgan fingerprint density at radius 2 is 1.10 bits per heavy atom. The maximum atomic E-state index is 11.9. The Bertz CT molecular complexity index is 828. The van der Waals surface area contributed by atoms with Crippen LogP contribution < -0.4 is 5.32 Å². The first-order valence-electron chi connectivity index (χ1n) is 18.2. The van der Waals surface area contributed by atoms with Crippen LogP contribution in [-0.4, -0.2) is 146 Å². The number of ether oxygens (including phenoxy) is 9. The van der Waals surface area contributed by atoms with Crippen LogP contribution in [0.3, 0.4) is 0 Å². The minimum Gasteiger partial charge on any atom is -0.381 e. The summed E-state index contributed by atoms with van der Waals surface area (Å²) in [5, 5.41) is 11.1. The van der Waals surface area contributed by atoms with Gasteiger partial charge in [0.2, 0.25) is 5.91 Å². The van der Waals surface area contributed by atoms with Crippen LogP contribution in [0.1, 0.15) is 70.4 Å². The van der Waals surface area contributed by atoms with E-state index in [0.717, 1.165) is 44.2 Å². The molecule has 0 spiro atoms. The molecule has 0 fully saturated rings. The highest BCUT2D eigenvalue weighted by Gasteiger charge is 2.03. The molecule has 1 heterocycles. The Labute approximate surface area is 293 Å². The number of nitrogens with zero attached hydrogens (tertiary/aromatic N) is 3. The second-order valence-corrected chi connectivity index (χ2v) is 11.2. The van der Waals surface area contributed by atoms with Gasteiger partial charge in [0, 0.05) is 65.8 Å². The SMILES string of the molecule is CCCCCCC(=O)NCCOCCOCCCOCCCOCCCOCCCOCCn1cc(COCCOCCOCC[18F])nn1. The molecule has 1 aromatic heterocycles. The number of rotatable bonds is 40. The standard InChI is InChI=1S/C34H65FN4O10/c1-2-3-4-5-10-34(40)36-12-23-47-27-25-45-21-9-19-43-17-7-15-41-14-6-16-42-18-8-20-44-24-13-39-31-33(37-38-39)32-49-30-29-48-28-26-46-22-11-35/h31H,2-30,32H2,1H3,(H,36,40)/i35-1. The van der Waals surface area contributed by atoms with Gasteiger partial charge < -0.3 is 47.9 Å². The van der Waals surface area contributed by atoms with E-state index >= 15 is 0 Å². The monoisotopic (exact) mass is 707 g/mol. The fourth-order valence-electron chi connectivity index (χ4n) is 4.19. The van der Waals surface area contributed by atoms with Gasteiger partial charge >= 0.3 is 0 Å². The fraction of sp³-hybridized carbons (Fsp3) is 0.912. The average molecular weight is 708 g/mol. The summed E-state index contributed by atoms with van der Waals surface area (Å²) >= 11 is 0. The molecular weight excluding hydrogens is 642 g/mol. The number of carbonyl (C=O) groups is 1. The largest absolute Gasteiger partial charge is 0.381 e. The number of aromatic nitrogens is 3.